The van der Waals surface area contributed by atoms with E-state index in [0.717, 1.165) is 13.0 Å². The Morgan fingerprint density at radius 3 is 2.54 bits per heavy atom. The van der Waals surface area contributed by atoms with E-state index in [1.54, 1.807) is 17.0 Å². The van der Waals surface area contributed by atoms with Crippen LogP contribution in [-0.4, -0.2) is 65.3 Å². The second-order valence-corrected chi connectivity index (χ2v) is 7.44. The minimum Gasteiger partial charge on any atom is -0.481 e. The van der Waals surface area contributed by atoms with E-state index in [0.29, 0.717) is 31.5 Å². The average molecular weight is 358 g/mol. The maximum atomic E-state index is 12.6. The zero-order valence-corrected chi connectivity index (χ0v) is 15.2. The first-order valence-corrected chi connectivity index (χ1v) is 9.24. The van der Waals surface area contributed by atoms with Gasteiger partial charge in [-0.1, -0.05) is 30.3 Å². The molecule has 2 aliphatic heterocycles. The van der Waals surface area contributed by atoms with E-state index in [1.807, 2.05) is 25.2 Å². The van der Waals surface area contributed by atoms with Crippen LogP contribution >= 0.6 is 0 Å². The number of hydrogen-bond donors (Lipinski definition) is 1. The number of rotatable bonds is 5. The number of likely N-dealkylation sites (N-methyl/N-ethyl adjacent to an activating group) is 1. The highest BCUT2D eigenvalue weighted by atomic mass is 16.4. The van der Waals surface area contributed by atoms with Crippen LogP contribution in [0.15, 0.2) is 30.3 Å². The van der Waals surface area contributed by atoms with Crippen molar-refractivity contribution in [2.24, 2.45) is 5.41 Å². The lowest BCUT2D eigenvalue weighted by Crippen LogP contribution is -2.63. The number of carbonyl (C=O) groups is 3. The van der Waals surface area contributed by atoms with Gasteiger partial charge < -0.3 is 14.9 Å². The minimum atomic E-state index is -0.750. The monoisotopic (exact) mass is 358 g/mol. The lowest BCUT2D eigenvalue weighted by atomic mass is 9.68. The smallest absolute Gasteiger partial charge is 0.311 e. The number of carbonyl (C=O) groups excluding carboxylic acids is 2. The van der Waals surface area contributed by atoms with Crippen LogP contribution in [0.5, 0.6) is 0 Å². The highest BCUT2D eigenvalue weighted by molar-refractivity contribution is 5.97. The van der Waals surface area contributed by atoms with Crippen LogP contribution in [0.25, 0.3) is 0 Å². The van der Waals surface area contributed by atoms with E-state index in [4.69, 9.17) is 0 Å². The molecule has 1 aromatic rings. The molecule has 6 nitrogen and oxygen atoms in total. The molecule has 26 heavy (non-hydrogen) atoms. The quantitative estimate of drug-likeness (QED) is 0.815. The summed E-state index contributed by atoms with van der Waals surface area (Å²) < 4.78 is 0. The van der Waals surface area contributed by atoms with Crippen molar-refractivity contribution < 1.29 is 19.5 Å². The number of likely N-dealkylation sites (tertiary alicyclic amines) is 2. The Morgan fingerprint density at radius 1 is 1.12 bits per heavy atom. The predicted octanol–water partition coefficient (Wildman–Crippen LogP) is 2.05. The van der Waals surface area contributed by atoms with E-state index in [9.17, 15) is 19.5 Å². The third kappa shape index (κ3) is 3.51. The number of hydrogen-bond acceptors (Lipinski definition) is 4. The SMILES string of the molecule is CN1CCC[C@]2(C(=O)O)CCN(C(=O)CCC(=O)c3ccccc3)C[C@@H]12. The van der Waals surface area contributed by atoms with Crippen LogP contribution in [0.3, 0.4) is 0 Å². The fourth-order valence-electron chi connectivity index (χ4n) is 4.36. The van der Waals surface area contributed by atoms with Crippen molar-refractivity contribution in [2.75, 3.05) is 26.7 Å². The van der Waals surface area contributed by atoms with E-state index in [2.05, 4.69) is 4.90 Å². The van der Waals surface area contributed by atoms with E-state index in [1.165, 1.54) is 0 Å². The van der Waals surface area contributed by atoms with Gasteiger partial charge in [-0.3, -0.25) is 14.4 Å². The standard InChI is InChI=1S/C20H26N2O4/c1-21-12-5-10-20(19(25)26)11-13-22(14-17(20)21)18(24)9-8-16(23)15-6-3-2-4-7-15/h2-4,6-7,17H,5,8-14H2,1H3,(H,25,26)/t17-,20+/m1/s1. The second-order valence-electron chi connectivity index (χ2n) is 7.44. The van der Waals surface area contributed by atoms with E-state index >= 15 is 0 Å². The lowest BCUT2D eigenvalue weighted by molar-refractivity contribution is -0.165. The zero-order chi connectivity index (χ0) is 18.7. The van der Waals surface area contributed by atoms with Crippen molar-refractivity contribution in [1.29, 1.82) is 0 Å². The number of amides is 1. The first-order chi connectivity index (χ1) is 12.4. The first-order valence-electron chi connectivity index (χ1n) is 9.24. The van der Waals surface area contributed by atoms with Gasteiger partial charge in [-0.15, -0.1) is 0 Å². The summed E-state index contributed by atoms with van der Waals surface area (Å²) in [5.41, 5.74) is -0.125. The summed E-state index contributed by atoms with van der Waals surface area (Å²) in [6.07, 6.45) is 2.38. The summed E-state index contributed by atoms with van der Waals surface area (Å²) in [7, 11) is 1.94. The topological polar surface area (TPSA) is 77.9 Å². The van der Waals surface area contributed by atoms with Crippen molar-refractivity contribution in [3.63, 3.8) is 0 Å². The van der Waals surface area contributed by atoms with Crippen LogP contribution in [-0.2, 0) is 9.59 Å². The maximum absolute atomic E-state index is 12.6. The van der Waals surface area contributed by atoms with E-state index in [-0.39, 0.29) is 30.6 Å². The molecule has 1 aromatic carbocycles. The Kier molecular flexibility index (Phi) is 5.41. The van der Waals surface area contributed by atoms with Gasteiger partial charge in [0.25, 0.3) is 0 Å². The Morgan fingerprint density at radius 2 is 1.85 bits per heavy atom. The third-order valence-corrected chi connectivity index (χ3v) is 5.97. The van der Waals surface area contributed by atoms with Crippen LogP contribution in [0.4, 0.5) is 0 Å². The highest BCUT2D eigenvalue weighted by Gasteiger charge is 2.52. The van der Waals surface area contributed by atoms with Gasteiger partial charge in [-0.05, 0) is 32.9 Å². The molecule has 2 fully saturated rings. The van der Waals surface area contributed by atoms with Crippen LogP contribution in [0, 0.1) is 5.41 Å². The van der Waals surface area contributed by atoms with Crippen molar-refractivity contribution in [3.8, 4) is 0 Å². The van der Waals surface area contributed by atoms with Gasteiger partial charge in [0.2, 0.25) is 5.91 Å². The van der Waals surface area contributed by atoms with Gasteiger partial charge in [0.15, 0.2) is 5.78 Å². The number of carboxylic acids is 1. The van der Waals surface area contributed by atoms with E-state index < -0.39 is 11.4 Å². The Balaban J connectivity index is 1.61. The number of Topliss-reactive ketones (excluding diaryl/α,β-unsaturated/α-hetero) is 1. The third-order valence-electron chi connectivity index (χ3n) is 5.97. The Bertz CT molecular complexity index is 690. The largest absolute Gasteiger partial charge is 0.481 e. The van der Waals surface area contributed by atoms with Gasteiger partial charge in [0, 0.05) is 37.5 Å². The predicted molar refractivity (Wildman–Crippen MR) is 96.9 cm³/mol. The summed E-state index contributed by atoms with van der Waals surface area (Å²) in [4.78, 5) is 40.5. The Hall–Kier alpha value is -2.21. The summed E-state index contributed by atoms with van der Waals surface area (Å²) in [5, 5.41) is 9.79. The van der Waals surface area contributed by atoms with Crippen LogP contribution < -0.4 is 0 Å². The number of ketones is 1. The van der Waals surface area contributed by atoms with Gasteiger partial charge >= 0.3 is 5.97 Å². The normalized spacial score (nSPS) is 26.2. The molecule has 3 rings (SSSR count). The number of aliphatic carboxylic acids is 1. The van der Waals surface area contributed by atoms with Crippen LogP contribution in [0.2, 0.25) is 0 Å². The molecule has 2 saturated heterocycles. The average Bonchev–Trinajstić information content (AvgIpc) is 2.66. The molecule has 1 amide bonds. The molecule has 1 N–H and O–H groups in total. The minimum absolute atomic E-state index is 0.0365. The van der Waals surface area contributed by atoms with Gasteiger partial charge in [0.1, 0.15) is 0 Å². The molecule has 0 radical (unpaired) electrons. The lowest BCUT2D eigenvalue weighted by Gasteiger charge is -2.51. The molecule has 0 bridgehead atoms. The summed E-state index contributed by atoms with van der Waals surface area (Å²) in [6, 6.07) is 8.83. The molecule has 140 valence electrons. The molecule has 0 aromatic heterocycles. The zero-order valence-electron chi connectivity index (χ0n) is 15.2. The highest BCUT2D eigenvalue weighted by Crippen LogP contribution is 2.42. The number of fused-ring (bicyclic) bond motifs is 1. The summed E-state index contributed by atoms with van der Waals surface area (Å²) >= 11 is 0. The van der Waals surface area contributed by atoms with Crippen molar-refractivity contribution in [1.82, 2.24) is 9.80 Å². The molecule has 0 saturated carbocycles. The summed E-state index contributed by atoms with van der Waals surface area (Å²) in [5.74, 6) is -0.849. The Labute approximate surface area is 153 Å². The fraction of sp³-hybridized carbons (Fsp3) is 0.550. The number of nitrogens with zero attached hydrogens (tertiary/aromatic N) is 2. The first kappa shape index (κ1) is 18.6. The fourth-order valence-corrected chi connectivity index (χ4v) is 4.36. The second kappa shape index (κ2) is 7.58. The van der Waals surface area contributed by atoms with Gasteiger partial charge in [-0.25, -0.2) is 0 Å². The van der Waals surface area contributed by atoms with Crippen molar-refractivity contribution >= 4 is 17.7 Å². The van der Waals surface area contributed by atoms with Crippen LogP contribution in [0.1, 0.15) is 42.5 Å². The van der Waals surface area contributed by atoms with Crippen molar-refractivity contribution in [3.05, 3.63) is 35.9 Å². The molecular formula is C20H26N2O4. The number of piperidine rings is 2. The molecule has 2 heterocycles. The maximum Gasteiger partial charge on any atom is 0.311 e. The molecule has 0 aliphatic carbocycles. The molecule has 0 spiro atoms. The van der Waals surface area contributed by atoms with Crippen molar-refractivity contribution in [2.45, 2.75) is 38.1 Å². The molecule has 6 heteroatoms. The number of carboxylic acid groups (broad SMARTS) is 1. The van der Waals surface area contributed by atoms with Gasteiger partial charge in [0.05, 0.1) is 5.41 Å². The molecular weight excluding hydrogens is 332 g/mol. The molecule has 0 unspecified atom stereocenters. The molecule has 2 aliphatic rings. The summed E-state index contributed by atoms with van der Waals surface area (Å²) in [6.45, 7) is 1.74. The number of benzene rings is 1. The van der Waals surface area contributed by atoms with Gasteiger partial charge in [-0.2, -0.15) is 0 Å². The molecule has 2 atom stereocenters.